The maximum absolute atomic E-state index is 10.4. The smallest absolute Gasteiger partial charge is 0.314 e. The average molecular weight is 260 g/mol. The molecule has 1 aromatic rings. The van der Waals surface area contributed by atoms with E-state index in [-0.39, 0.29) is 6.42 Å². The molecule has 0 radical (unpaired) electrons. The SMILES string of the molecule is Cc1ccc(C)c(CCC(=O)O)c1.O=[PH](O)O. The number of hydrogen-bond acceptors (Lipinski definition) is 2. The average Bonchev–Trinajstić information content (AvgIpc) is 2.18. The fourth-order valence-electron chi connectivity index (χ4n) is 1.31. The fraction of sp³-hybridized carbons (Fsp3) is 0.364. The van der Waals surface area contributed by atoms with Gasteiger partial charge in [-0.05, 0) is 31.4 Å². The lowest BCUT2D eigenvalue weighted by molar-refractivity contribution is -0.136. The number of carboxylic acids is 1. The lowest BCUT2D eigenvalue weighted by Crippen LogP contribution is -1.99. The Bertz CT molecular complexity index is 399. The summed E-state index contributed by atoms with van der Waals surface area (Å²) in [4.78, 5) is 24.7. The maximum Gasteiger partial charge on any atom is 0.314 e. The second-order valence-corrected chi connectivity index (χ2v) is 4.17. The Kier molecular flexibility index (Phi) is 7.46. The molecule has 0 spiro atoms. The Morgan fingerprint density at radius 1 is 1.29 bits per heavy atom. The van der Waals surface area contributed by atoms with E-state index in [1.54, 1.807) is 0 Å². The molecule has 0 aliphatic carbocycles. The highest BCUT2D eigenvalue weighted by molar-refractivity contribution is 7.30. The van der Waals surface area contributed by atoms with E-state index in [1.807, 2.05) is 26.0 Å². The second-order valence-electron chi connectivity index (χ2n) is 3.61. The molecule has 0 bridgehead atoms. The number of aryl methyl sites for hydroxylation is 3. The van der Waals surface area contributed by atoms with Gasteiger partial charge < -0.3 is 14.9 Å². The molecule has 0 aliphatic rings. The lowest BCUT2D eigenvalue weighted by atomic mass is 10.0. The molecule has 6 heteroatoms. The summed E-state index contributed by atoms with van der Waals surface area (Å²) in [6, 6.07) is 6.13. The molecule has 0 unspecified atom stereocenters. The molecule has 1 rings (SSSR count). The van der Waals surface area contributed by atoms with E-state index in [2.05, 4.69) is 6.07 Å². The van der Waals surface area contributed by atoms with Crippen molar-refractivity contribution in [3.8, 4) is 0 Å². The largest absolute Gasteiger partial charge is 0.481 e. The van der Waals surface area contributed by atoms with Crippen LogP contribution in [0.5, 0.6) is 0 Å². The Morgan fingerprint density at radius 2 is 1.82 bits per heavy atom. The molecule has 0 aliphatic heterocycles. The predicted molar refractivity (Wildman–Crippen MR) is 65.3 cm³/mol. The van der Waals surface area contributed by atoms with Crippen LogP contribution in [0, 0.1) is 13.8 Å². The first kappa shape index (κ1) is 15.8. The van der Waals surface area contributed by atoms with Crippen LogP contribution in [0.15, 0.2) is 18.2 Å². The third kappa shape index (κ3) is 8.63. The summed E-state index contributed by atoms with van der Waals surface area (Å²) in [5.74, 6) is -0.735. The van der Waals surface area contributed by atoms with Crippen molar-refractivity contribution in [2.75, 3.05) is 0 Å². The van der Waals surface area contributed by atoms with Gasteiger partial charge in [0.15, 0.2) is 0 Å². The van der Waals surface area contributed by atoms with Crippen molar-refractivity contribution in [1.82, 2.24) is 0 Å². The Labute approximate surface area is 101 Å². The molecule has 17 heavy (non-hydrogen) atoms. The lowest BCUT2D eigenvalue weighted by Gasteiger charge is -2.04. The second kappa shape index (κ2) is 8.01. The van der Waals surface area contributed by atoms with E-state index in [9.17, 15) is 4.79 Å². The van der Waals surface area contributed by atoms with Gasteiger partial charge in [-0.1, -0.05) is 23.8 Å². The zero-order valence-corrected chi connectivity index (χ0v) is 10.8. The van der Waals surface area contributed by atoms with Crippen LogP contribution in [-0.4, -0.2) is 20.9 Å². The van der Waals surface area contributed by atoms with E-state index in [4.69, 9.17) is 19.5 Å². The molecule has 0 amide bonds. The monoisotopic (exact) mass is 260 g/mol. The molecule has 96 valence electrons. The van der Waals surface area contributed by atoms with Gasteiger partial charge in [0.2, 0.25) is 0 Å². The van der Waals surface area contributed by atoms with Crippen molar-refractivity contribution in [2.45, 2.75) is 26.7 Å². The molecule has 0 saturated carbocycles. The summed E-state index contributed by atoms with van der Waals surface area (Å²) in [6.45, 7) is 4.03. The van der Waals surface area contributed by atoms with E-state index in [1.165, 1.54) is 11.1 Å². The van der Waals surface area contributed by atoms with Crippen LogP contribution >= 0.6 is 8.25 Å². The molecule has 0 atom stereocenters. The van der Waals surface area contributed by atoms with Gasteiger partial charge in [0.1, 0.15) is 0 Å². The highest BCUT2D eigenvalue weighted by Gasteiger charge is 2.01. The van der Waals surface area contributed by atoms with Crippen molar-refractivity contribution in [2.24, 2.45) is 0 Å². The first-order valence-corrected chi connectivity index (χ1v) is 6.33. The number of aliphatic carboxylic acids is 1. The molecular weight excluding hydrogens is 243 g/mol. The predicted octanol–water partition coefficient (Wildman–Crippen LogP) is 1.68. The Hall–Kier alpha value is -1.16. The van der Waals surface area contributed by atoms with Gasteiger partial charge in [-0.15, -0.1) is 0 Å². The van der Waals surface area contributed by atoms with Gasteiger partial charge in [0.05, 0.1) is 0 Å². The van der Waals surface area contributed by atoms with Crippen molar-refractivity contribution >= 4 is 14.2 Å². The van der Waals surface area contributed by atoms with E-state index >= 15 is 0 Å². The van der Waals surface area contributed by atoms with E-state index in [0.29, 0.717) is 6.42 Å². The van der Waals surface area contributed by atoms with Crippen molar-refractivity contribution in [3.63, 3.8) is 0 Å². The van der Waals surface area contributed by atoms with Gasteiger partial charge in [0, 0.05) is 6.42 Å². The quantitative estimate of drug-likeness (QED) is 0.719. The van der Waals surface area contributed by atoms with Crippen molar-refractivity contribution in [1.29, 1.82) is 0 Å². The Balaban J connectivity index is 0.000000557. The van der Waals surface area contributed by atoms with Crippen LogP contribution in [0.3, 0.4) is 0 Å². The first-order valence-electron chi connectivity index (χ1n) is 5.02. The summed E-state index contributed by atoms with van der Waals surface area (Å²) in [6.07, 6.45) is 0.840. The van der Waals surface area contributed by atoms with Crippen LogP contribution < -0.4 is 0 Å². The van der Waals surface area contributed by atoms with Gasteiger partial charge in [-0.3, -0.25) is 9.36 Å². The highest BCUT2D eigenvalue weighted by Crippen LogP contribution is 2.12. The normalized spacial score (nSPS) is 9.71. The zero-order chi connectivity index (χ0) is 13.4. The van der Waals surface area contributed by atoms with E-state index < -0.39 is 14.2 Å². The summed E-state index contributed by atoms with van der Waals surface area (Å²) >= 11 is 0. The van der Waals surface area contributed by atoms with Crippen LogP contribution in [0.1, 0.15) is 23.1 Å². The van der Waals surface area contributed by atoms with Gasteiger partial charge in [-0.25, -0.2) is 0 Å². The minimum absolute atomic E-state index is 0.213. The molecule has 0 saturated heterocycles. The standard InChI is InChI=1S/C11H14O2.H3O3P/c1-8-3-4-9(2)10(7-8)5-6-11(12)13;1-4(2)3/h3-4,7H,5-6H2,1-2H3,(H,12,13);4H,(H2,1,2,3). The molecule has 0 fully saturated rings. The molecule has 5 nitrogen and oxygen atoms in total. The molecule has 3 N–H and O–H groups in total. The van der Waals surface area contributed by atoms with Gasteiger partial charge in [0.25, 0.3) is 0 Å². The number of carboxylic acid groups (broad SMARTS) is 1. The van der Waals surface area contributed by atoms with Crippen molar-refractivity contribution < 1.29 is 24.3 Å². The summed E-state index contributed by atoms with van der Waals surface area (Å²) in [5, 5.41) is 8.53. The third-order valence-electron chi connectivity index (χ3n) is 2.11. The van der Waals surface area contributed by atoms with Crippen molar-refractivity contribution in [3.05, 3.63) is 34.9 Å². The Morgan fingerprint density at radius 3 is 2.29 bits per heavy atom. The van der Waals surface area contributed by atoms with Crippen LogP contribution in [-0.2, 0) is 15.8 Å². The summed E-state index contributed by atoms with van der Waals surface area (Å²) in [7, 11) is -3.13. The van der Waals surface area contributed by atoms with E-state index in [0.717, 1.165) is 5.56 Å². The number of carbonyl (C=O) groups is 1. The van der Waals surface area contributed by atoms with Crippen LogP contribution in [0.4, 0.5) is 0 Å². The minimum atomic E-state index is -3.13. The zero-order valence-electron chi connectivity index (χ0n) is 9.80. The first-order chi connectivity index (χ1) is 7.82. The fourth-order valence-corrected chi connectivity index (χ4v) is 1.31. The summed E-state index contributed by atoms with van der Waals surface area (Å²) < 4.78 is 8.74. The van der Waals surface area contributed by atoms with Gasteiger partial charge >= 0.3 is 14.2 Å². The number of rotatable bonds is 3. The maximum atomic E-state index is 10.4. The summed E-state index contributed by atoms with van der Waals surface area (Å²) in [5.41, 5.74) is 3.50. The topological polar surface area (TPSA) is 94.8 Å². The molecular formula is C11H17O5P. The highest BCUT2D eigenvalue weighted by atomic mass is 31.1. The molecule has 0 aromatic heterocycles. The van der Waals surface area contributed by atoms with Crippen LogP contribution in [0.2, 0.25) is 0 Å². The molecule has 0 heterocycles. The number of hydrogen-bond donors (Lipinski definition) is 3. The number of benzene rings is 1. The van der Waals surface area contributed by atoms with Gasteiger partial charge in [-0.2, -0.15) is 0 Å². The van der Waals surface area contributed by atoms with Crippen LogP contribution in [0.25, 0.3) is 0 Å². The third-order valence-corrected chi connectivity index (χ3v) is 2.11. The minimum Gasteiger partial charge on any atom is -0.481 e. The molecule has 1 aromatic carbocycles.